The Morgan fingerprint density at radius 1 is 1.06 bits per heavy atom. The number of para-hydroxylation sites is 2. The van der Waals surface area contributed by atoms with Crippen molar-refractivity contribution in [3.63, 3.8) is 0 Å². The van der Waals surface area contributed by atoms with Crippen LogP contribution in [0.4, 0.5) is 13.2 Å². The van der Waals surface area contributed by atoms with Crippen LogP contribution in [0.2, 0.25) is 0 Å². The van der Waals surface area contributed by atoms with Crippen molar-refractivity contribution >= 4 is 11.0 Å². The molecule has 33 heavy (non-hydrogen) atoms. The van der Waals surface area contributed by atoms with Crippen molar-refractivity contribution < 1.29 is 17.6 Å². The molecule has 1 fully saturated rings. The molecule has 0 aliphatic carbocycles. The number of nitrogens with zero attached hydrogens (tertiary/aromatic N) is 4. The fraction of sp³-hybridized carbons (Fsp3) is 0.348. The van der Waals surface area contributed by atoms with Crippen LogP contribution in [-0.2, 0) is 13.1 Å². The smallest absolute Gasteiger partial charge is 0.329 e. The Labute approximate surface area is 186 Å². The topological polar surface area (TPSA) is 77.9 Å². The van der Waals surface area contributed by atoms with E-state index < -0.39 is 18.1 Å². The number of benzene rings is 2. The van der Waals surface area contributed by atoms with E-state index in [1.165, 1.54) is 12.1 Å². The lowest BCUT2D eigenvalue weighted by atomic mass is 9.98. The van der Waals surface area contributed by atoms with E-state index in [1.807, 2.05) is 24.3 Å². The zero-order valence-corrected chi connectivity index (χ0v) is 17.7. The number of halogens is 3. The first kappa shape index (κ1) is 21.4. The highest BCUT2D eigenvalue weighted by molar-refractivity contribution is 5.76. The zero-order chi connectivity index (χ0) is 22.9. The first-order valence-electron chi connectivity index (χ1n) is 10.8. The molecule has 172 valence electrons. The van der Waals surface area contributed by atoms with Gasteiger partial charge >= 0.3 is 12.1 Å². The van der Waals surface area contributed by atoms with E-state index >= 15 is 0 Å². The summed E-state index contributed by atoms with van der Waals surface area (Å²) in [6.45, 7) is 2.54. The highest BCUT2D eigenvalue weighted by atomic mass is 19.3. The van der Waals surface area contributed by atoms with Gasteiger partial charge in [0.25, 0.3) is 5.89 Å². The summed E-state index contributed by atoms with van der Waals surface area (Å²) < 4.78 is 48.5. The van der Waals surface area contributed by atoms with Crippen LogP contribution in [-0.4, -0.2) is 32.4 Å². The molecule has 1 aliphatic rings. The molecule has 3 heterocycles. The lowest BCUT2D eigenvalue weighted by molar-refractivity contribution is 0.116. The van der Waals surface area contributed by atoms with Crippen molar-refractivity contribution in [2.75, 3.05) is 13.1 Å². The molecule has 7 nitrogen and oxygen atoms in total. The second-order valence-corrected chi connectivity index (χ2v) is 8.21. The standard InChI is InChI=1S/C23H22F3N5O2/c24-17-11-15(21-28-29-22(33-21)20(25)26)5-6-16(17)13-31-19-4-2-1-3-18(19)30(23(31)32)12-14-7-9-27-10-8-14/h1-6,11,14,20,27H,7-10,12-13H2. The average Bonchev–Trinajstić information content (AvgIpc) is 3.41. The summed E-state index contributed by atoms with van der Waals surface area (Å²) in [7, 11) is 0. The second-order valence-electron chi connectivity index (χ2n) is 8.21. The van der Waals surface area contributed by atoms with Crippen molar-refractivity contribution in [1.82, 2.24) is 24.6 Å². The van der Waals surface area contributed by atoms with Gasteiger partial charge in [-0.05, 0) is 56.1 Å². The molecule has 1 saturated heterocycles. The van der Waals surface area contributed by atoms with Gasteiger partial charge in [-0.3, -0.25) is 9.13 Å². The first-order valence-corrected chi connectivity index (χ1v) is 10.8. The van der Waals surface area contributed by atoms with Crippen LogP contribution >= 0.6 is 0 Å². The number of nitrogens with one attached hydrogen (secondary N) is 1. The van der Waals surface area contributed by atoms with E-state index in [0.29, 0.717) is 18.0 Å². The third kappa shape index (κ3) is 4.18. The molecule has 4 aromatic rings. The predicted octanol–water partition coefficient (Wildman–Crippen LogP) is 3.98. The Morgan fingerprint density at radius 2 is 1.79 bits per heavy atom. The van der Waals surface area contributed by atoms with E-state index in [2.05, 4.69) is 15.5 Å². The van der Waals surface area contributed by atoms with Crippen molar-refractivity contribution in [3.8, 4) is 11.5 Å². The summed E-state index contributed by atoms with van der Waals surface area (Å²) >= 11 is 0. The van der Waals surface area contributed by atoms with Crippen molar-refractivity contribution in [2.45, 2.75) is 32.4 Å². The largest absolute Gasteiger partial charge is 0.415 e. The van der Waals surface area contributed by atoms with Gasteiger partial charge < -0.3 is 9.73 Å². The lowest BCUT2D eigenvalue weighted by Crippen LogP contribution is -2.33. The van der Waals surface area contributed by atoms with Crippen LogP contribution in [0.15, 0.2) is 51.7 Å². The maximum Gasteiger partial charge on any atom is 0.329 e. The number of alkyl halides is 2. The molecule has 2 aromatic carbocycles. The van der Waals surface area contributed by atoms with Crippen LogP contribution in [0.1, 0.15) is 30.7 Å². The van der Waals surface area contributed by atoms with E-state index in [4.69, 9.17) is 4.42 Å². The van der Waals surface area contributed by atoms with Crippen LogP contribution in [0, 0.1) is 11.7 Å². The maximum atomic E-state index is 14.9. The number of piperidine rings is 1. The molecule has 2 aromatic heterocycles. The number of hydrogen-bond donors (Lipinski definition) is 1. The molecule has 0 saturated carbocycles. The molecule has 0 spiro atoms. The van der Waals surface area contributed by atoms with Gasteiger partial charge in [-0.1, -0.05) is 18.2 Å². The third-order valence-corrected chi connectivity index (χ3v) is 6.08. The maximum absolute atomic E-state index is 14.9. The Morgan fingerprint density at radius 3 is 2.45 bits per heavy atom. The fourth-order valence-corrected chi connectivity index (χ4v) is 4.34. The Hall–Kier alpha value is -3.40. The van der Waals surface area contributed by atoms with Gasteiger partial charge in [0.05, 0.1) is 17.6 Å². The molecule has 0 radical (unpaired) electrons. The molecular formula is C23H22F3N5O2. The Bertz CT molecular complexity index is 1340. The molecule has 0 amide bonds. The van der Waals surface area contributed by atoms with Crippen LogP contribution in [0.3, 0.4) is 0 Å². The summed E-state index contributed by atoms with van der Waals surface area (Å²) in [4.78, 5) is 13.3. The number of fused-ring (bicyclic) bond motifs is 1. The minimum atomic E-state index is -2.90. The molecular weight excluding hydrogens is 435 g/mol. The number of rotatable bonds is 6. The third-order valence-electron chi connectivity index (χ3n) is 6.08. The van der Waals surface area contributed by atoms with E-state index in [9.17, 15) is 18.0 Å². The average molecular weight is 457 g/mol. The lowest BCUT2D eigenvalue weighted by Gasteiger charge is -2.22. The molecule has 10 heteroatoms. The summed E-state index contributed by atoms with van der Waals surface area (Å²) in [5, 5.41) is 10.2. The SMILES string of the molecule is O=c1n(Cc2ccc(-c3nnc(C(F)F)o3)cc2F)c2ccccc2n1CC1CCNCC1. The predicted molar refractivity (Wildman–Crippen MR) is 116 cm³/mol. The number of imidazole rings is 1. The highest BCUT2D eigenvalue weighted by Gasteiger charge is 2.21. The van der Waals surface area contributed by atoms with Crippen LogP contribution in [0.5, 0.6) is 0 Å². The number of hydrogen-bond acceptors (Lipinski definition) is 5. The monoisotopic (exact) mass is 457 g/mol. The van der Waals surface area contributed by atoms with Gasteiger partial charge in [-0.15, -0.1) is 10.2 Å². The Balaban J connectivity index is 1.46. The van der Waals surface area contributed by atoms with E-state index in [1.54, 1.807) is 9.13 Å². The molecule has 0 atom stereocenters. The first-order chi connectivity index (χ1) is 16.0. The van der Waals surface area contributed by atoms with Crippen molar-refractivity contribution in [3.05, 3.63) is 70.2 Å². The summed E-state index contributed by atoms with van der Waals surface area (Å²) in [5.74, 6) is -1.19. The normalized spacial score (nSPS) is 15.0. The van der Waals surface area contributed by atoms with Gasteiger partial charge in [0.15, 0.2) is 0 Å². The molecule has 0 bridgehead atoms. The summed E-state index contributed by atoms with van der Waals surface area (Å²) in [6, 6.07) is 11.7. The van der Waals surface area contributed by atoms with Gasteiger partial charge in [0.1, 0.15) is 5.82 Å². The quantitative estimate of drug-likeness (QED) is 0.474. The zero-order valence-electron chi connectivity index (χ0n) is 17.7. The van der Waals surface area contributed by atoms with E-state index in [0.717, 1.165) is 43.0 Å². The molecule has 0 unspecified atom stereocenters. The highest BCUT2D eigenvalue weighted by Crippen LogP contribution is 2.26. The molecule has 1 aliphatic heterocycles. The summed E-state index contributed by atoms with van der Waals surface area (Å²) in [6.07, 6.45) is -0.889. The van der Waals surface area contributed by atoms with Gasteiger partial charge in [-0.2, -0.15) is 8.78 Å². The Kier molecular flexibility index (Phi) is 5.76. The summed E-state index contributed by atoms with van der Waals surface area (Å²) in [5.41, 5.74) is 1.86. The fourth-order valence-electron chi connectivity index (χ4n) is 4.34. The number of aromatic nitrogens is 4. The minimum absolute atomic E-state index is 0.0385. The van der Waals surface area contributed by atoms with Crippen molar-refractivity contribution in [1.29, 1.82) is 0 Å². The minimum Gasteiger partial charge on any atom is -0.415 e. The molecule has 5 rings (SSSR count). The molecule has 1 N–H and O–H groups in total. The van der Waals surface area contributed by atoms with Gasteiger partial charge in [0, 0.05) is 17.7 Å². The van der Waals surface area contributed by atoms with Crippen molar-refractivity contribution in [2.24, 2.45) is 5.92 Å². The van der Waals surface area contributed by atoms with E-state index in [-0.39, 0.29) is 23.7 Å². The van der Waals surface area contributed by atoms with Crippen LogP contribution < -0.4 is 11.0 Å². The van der Waals surface area contributed by atoms with Gasteiger partial charge in [0.2, 0.25) is 5.89 Å². The van der Waals surface area contributed by atoms with Gasteiger partial charge in [-0.25, -0.2) is 9.18 Å². The second kappa shape index (κ2) is 8.86. The van der Waals surface area contributed by atoms with Crippen LogP contribution in [0.25, 0.3) is 22.5 Å².